The highest BCUT2D eigenvalue weighted by molar-refractivity contribution is 7.99. The molecule has 1 saturated heterocycles. The average molecular weight is 254 g/mol. The molecule has 5 heteroatoms. The van der Waals surface area contributed by atoms with Gasteiger partial charge in [0.25, 0.3) is 0 Å². The fourth-order valence-corrected chi connectivity index (χ4v) is 2.66. The van der Waals surface area contributed by atoms with Gasteiger partial charge in [-0.25, -0.2) is 4.98 Å². The molecule has 2 heterocycles. The topological polar surface area (TPSA) is 44.8 Å². The van der Waals surface area contributed by atoms with Crippen molar-refractivity contribution in [3.05, 3.63) is 12.2 Å². The number of thioether (sulfide) groups is 1. The molecular formula is C12H22N4S. The molecule has 0 spiro atoms. The van der Waals surface area contributed by atoms with Crippen LogP contribution in [0.5, 0.6) is 0 Å². The number of aromatic amines is 1. The summed E-state index contributed by atoms with van der Waals surface area (Å²) in [6.45, 7) is 5.95. The summed E-state index contributed by atoms with van der Waals surface area (Å²) in [5.74, 6) is 1.66. The van der Waals surface area contributed by atoms with Gasteiger partial charge in [-0.3, -0.25) is 5.10 Å². The number of hydrogen-bond donors (Lipinski definition) is 1. The molecule has 2 rings (SSSR count). The summed E-state index contributed by atoms with van der Waals surface area (Å²) in [5.41, 5.74) is 0. The van der Waals surface area contributed by atoms with Gasteiger partial charge in [-0.1, -0.05) is 6.92 Å². The molecule has 0 radical (unpaired) electrons. The van der Waals surface area contributed by atoms with E-state index in [0.29, 0.717) is 5.92 Å². The second kappa shape index (κ2) is 6.40. The first-order chi connectivity index (χ1) is 8.29. The van der Waals surface area contributed by atoms with E-state index in [0.717, 1.165) is 11.1 Å². The predicted octanol–water partition coefficient (Wildman–Crippen LogP) is 2.13. The molecule has 0 bridgehead atoms. The quantitative estimate of drug-likeness (QED) is 0.874. The molecule has 0 amide bonds. The Balaban J connectivity index is 1.71. The molecule has 1 atom stereocenters. The molecule has 0 aliphatic carbocycles. The third kappa shape index (κ3) is 3.71. The van der Waals surface area contributed by atoms with Gasteiger partial charge in [0.1, 0.15) is 12.2 Å². The summed E-state index contributed by atoms with van der Waals surface area (Å²) in [6.07, 6.45) is 7.53. The molecule has 4 nitrogen and oxygen atoms in total. The standard InChI is InChI=1S/C12H22N4S/c1-10(17-2)3-6-16-7-4-11(5-8-16)12-13-9-14-15-12/h9-11H,3-8H2,1-2H3,(H,13,14,15)/t10-/m0/s1. The van der Waals surface area contributed by atoms with Crippen LogP contribution in [0.15, 0.2) is 6.33 Å². The van der Waals surface area contributed by atoms with Crippen LogP contribution < -0.4 is 0 Å². The Hall–Kier alpha value is -0.550. The third-order valence-corrected chi connectivity index (χ3v) is 4.70. The lowest BCUT2D eigenvalue weighted by atomic mass is 9.96. The summed E-state index contributed by atoms with van der Waals surface area (Å²) in [6, 6.07) is 0. The molecule has 1 aromatic rings. The van der Waals surface area contributed by atoms with E-state index in [4.69, 9.17) is 0 Å². The normalized spacial score (nSPS) is 20.6. The molecule has 1 aliphatic rings. The van der Waals surface area contributed by atoms with Crippen LogP contribution in [0.25, 0.3) is 0 Å². The zero-order valence-electron chi connectivity index (χ0n) is 10.7. The predicted molar refractivity (Wildman–Crippen MR) is 72.4 cm³/mol. The maximum atomic E-state index is 4.26. The van der Waals surface area contributed by atoms with E-state index in [1.807, 2.05) is 11.8 Å². The number of nitrogens with one attached hydrogen (secondary N) is 1. The Labute approximate surface area is 108 Å². The van der Waals surface area contributed by atoms with E-state index < -0.39 is 0 Å². The van der Waals surface area contributed by atoms with Gasteiger partial charge in [0, 0.05) is 11.2 Å². The number of hydrogen-bond acceptors (Lipinski definition) is 4. The van der Waals surface area contributed by atoms with Crippen LogP contribution in [-0.2, 0) is 0 Å². The highest BCUT2D eigenvalue weighted by Gasteiger charge is 2.22. The van der Waals surface area contributed by atoms with E-state index in [1.165, 1.54) is 38.9 Å². The first-order valence-electron chi connectivity index (χ1n) is 6.40. The van der Waals surface area contributed by atoms with Crippen molar-refractivity contribution >= 4 is 11.8 Å². The van der Waals surface area contributed by atoms with Gasteiger partial charge in [0.05, 0.1) is 0 Å². The van der Waals surface area contributed by atoms with Crippen molar-refractivity contribution < 1.29 is 0 Å². The average Bonchev–Trinajstić information content (AvgIpc) is 2.90. The summed E-state index contributed by atoms with van der Waals surface area (Å²) in [5, 5.41) is 7.71. The van der Waals surface area contributed by atoms with Crippen LogP contribution >= 0.6 is 11.8 Å². The Morgan fingerprint density at radius 2 is 2.29 bits per heavy atom. The monoisotopic (exact) mass is 254 g/mol. The van der Waals surface area contributed by atoms with Crippen LogP contribution in [0.3, 0.4) is 0 Å². The van der Waals surface area contributed by atoms with Gasteiger partial charge >= 0.3 is 0 Å². The lowest BCUT2D eigenvalue weighted by molar-refractivity contribution is 0.207. The van der Waals surface area contributed by atoms with Crippen LogP contribution in [-0.4, -0.2) is 51.2 Å². The molecular weight excluding hydrogens is 232 g/mol. The molecule has 0 unspecified atom stereocenters. The first kappa shape index (κ1) is 12.9. The lowest BCUT2D eigenvalue weighted by Gasteiger charge is -2.31. The Bertz CT molecular complexity index is 306. The van der Waals surface area contributed by atoms with Crippen molar-refractivity contribution in [2.24, 2.45) is 0 Å². The highest BCUT2D eigenvalue weighted by atomic mass is 32.2. The fourth-order valence-electron chi connectivity index (χ4n) is 2.32. The number of piperidine rings is 1. The van der Waals surface area contributed by atoms with Gasteiger partial charge in [-0.05, 0) is 45.2 Å². The molecule has 17 heavy (non-hydrogen) atoms. The third-order valence-electron chi connectivity index (χ3n) is 3.66. The van der Waals surface area contributed by atoms with Crippen molar-refractivity contribution in [1.29, 1.82) is 0 Å². The zero-order valence-corrected chi connectivity index (χ0v) is 11.5. The second-order valence-electron chi connectivity index (χ2n) is 4.82. The SMILES string of the molecule is CS[C@@H](C)CCN1CCC(c2ncn[nH]2)CC1. The maximum Gasteiger partial charge on any atom is 0.137 e. The number of aromatic nitrogens is 3. The van der Waals surface area contributed by atoms with Gasteiger partial charge in [0.15, 0.2) is 0 Å². The molecule has 1 aliphatic heterocycles. The van der Waals surface area contributed by atoms with E-state index in [-0.39, 0.29) is 0 Å². The van der Waals surface area contributed by atoms with Crippen molar-refractivity contribution in [2.45, 2.75) is 37.4 Å². The number of nitrogens with zero attached hydrogens (tertiary/aromatic N) is 3. The van der Waals surface area contributed by atoms with Crippen LogP contribution in [0, 0.1) is 0 Å². The van der Waals surface area contributed by atoms with Crippen molar-refractivity contribution in [3.63, 3.8) is 0 Å². The van der Waals surface area contributed by atoms with Crippen LogP contribution in [0.1, 0.15) is 37.9 Å². The minimum absolute atomic E-state index is 0.590. The fraction of sp³-hybridized carbons (Fsp3) is 0.833. The summed E-state index contributed by atoms with van der Waals surface area (Å²) in [4.78, 5) is 6.85. The van der Waals surface area contributed by atoms with Gasteiger partial charge < -0.3 is 4.90 Å². The first-order valence-corrected chi connectivity index (χ1v) is 7.68. The number of rotatable bonds is 5. The molecule has 1 N–H and O–H groups in total. The minimum atomic E-state index is 0.590. The summed E-state index contributed by atoms with van der Waals surface area (Å²) >= 11 is 1.96. The van der Waals surface area contributed by atoms with E-state index >= 15 is 0 Å². The minimum Gasteiger partial charge on any atom is -0.303 e. The van der Waals surface area contributed by atoms with Gasteiger partial charge in [-0.2, -0.15) is 16.9 Å². The zero-order chi connectivity index (χ0) is 12.1. The van der Waals surface area contributed by atoms with Gasteiger partial charge in [-0.15, -0.1) is 0 Å². The van der Waals surface area contributed by atoms with Crippen molar-refractivity contribution in [1.82, 2.24) is 20.1 Å². The highest BCUT2D eigenvalue weighted by Crippen LogP contribution is 2.25. The molecule has 96 valence electrons. The number of likely N-dealkylation sites (tertiary alicyclic amines) is 1. The van der Waals surface area contributed by atoms with E-state index in [2.05, 4.69) is 33.3 Å². The van der Waals surface area contributed by atoms with E-state index in [1.54, 1.807) is 6.33 Å². The van der Waals surface area contributed by atoms with Crippen molar-refractivity contribution in [3.8, 4) is 0 Å². The lowest BCUT2D eigenvalue weighted by Crippen LogP contribution is -2.34. The van der Waals surface area contributed by atoms with Crippen molar-refractivity contribution in [2.75, 3.05) is 25.9 Å². The molecule has 1 aromatic heterocycles. The smallest absolute Gasteiger partial charge is 0.137 e. The second-order valence-corrected chi connectivity index (χ2v) is 6.10. The maximum absolute atomic E-state index is 4.26. The molecule has 0 aromatic carbocycles. The summed E-state index contributed by atoms with van der Waals surface area (Å²) in [7, 11) is 0. The Morgan fingerprint density at radius 1 is 1.53 bits per heavy atom. The largest absolute Gasteiger partial charge is 0.303 e. The molecule has 1 fully saturated rings. The van der Waals surface area contributed by atoms with Crippen LogP contribution in [0.4, 0.5) is 0 Å². The van der Waals surface area contributed by atoms with E-state index in [9.17, 15) is 0 Å². The molecule has 0 saturated carbocycles. The Morgan fingerprint density at radius 3 is 2.88 bits per heavy atom. The van der Waals surface area contributed by atoms with Gasteiger partial charge in [0.2, 0.25) is 0 Å². The number of H-pyrrole nitrogens is 1. The van der Waals surface area contributed by atoms with Crippen LogP contribution in [0.2, 0.25) is 0 Å². The Kier molecular flexibility index (Phi) is 4.86. The summed E-state index contributed by atoms with van der Waals surface area (Å²) < 4.78 is 0.